The number of alkyl halides is 1. The largest absolute Gasteiger partial charge is 0.491 e. The molecule has 27 heavy (non-hydrogen) atoms. The van der Waals surface area contributed by atoms with Gasteiger partial charge >= 0.3 is 5.97 Å². The van der Waals surface area contributed by atoms with Gasteiger partial charge in [0.1, 0.15) is 11.9 Å². The molecule has 0 spiro atoms. The molecular weight excluding hydrogens is 351 g/mol. The summed E-state index contributed by atoms with van der Waals surface area (Å²) in [7, 11) is 1.32. The fraction of sp³-hybridized carbons (Fsp3) is 0.762. The molecular formula is C21H31FO5. The molecule has 2 N–H and O–H groups in total. The first kappa shape index (κ1) is 20.3. The summed E-state index contributed by atoms with van der Waals surface area (Å²) in [6, 6.07) is 0. The standard InChI is InChI=1S/C21H31FO5/c1-26-21(25)8-4-7-16(22)20-11-15-14(18(24)12-19(15)27-20)9-10-17(23)13-5-2-3-6-13/h9-11,13-19,23-24H,2-8,12H2,1H3/b10-9+/t14-,15-,16?,17+,18-,19+/m1/s1. The average Bonchev–Trinajstić information content (AvgIpc) is 3.36. The van der Waals surface area contributed by atoms with Crippen molar-refractivity contribution < 1.29 is 28.9 Å². The number of carbonyl (C=O) groups excluding carboxylic acids is 1. The summed E-state index contributed by atoms with van der Waals surface area (Å²) in [6.07, 6.45) is 8.73. The number of aliphatic hydroxyl groups excluding tert-OH is 2. The second-order valence-electron chi connectivity index (χ2n) is 8.04. The van der Waals surface area contributed by atoms with E-state index in [4.69, 9.17) is 4.74 Å². The molecule has 0 amide bonds. The van der Waals surface area contributed by atoms with Gasteiger partial charge in [-0.1, -0.05) is 25.0 Å². The van der Waals surface area contributed by atoms with E-state index < -0.39 is 18.4 Å². The zero-order valence-corrected chi connectivity index (χ0v) is 15.9. The van der Waals surface area contributed by atoms with Crippen molar-refractivity contribution in [2.45, 2.75) is 75.9 Å². The van der Waals surface area contributed by atoms with Crippen LogP contribution in [0.5, 0.6) is 0 Å². The van der Waals surface area contributed by atoms with Crippen LogP contribution in [0.15, 0.2) is 24.0 Å². The van der Waals surface area contributed by atoms with Gasteiger partial charge in [-0.15, -0.1) is 0 Å². The first-order valence-electron chi connectivity index (χ1n) is 10.1. The number of hydrogen-bond acceptors (Lipinski definition) is 5. The lowest BCUT2D eigenvalue weighted by atomic mass is 9.91. The second-order valence-corrected chi connectivity index (χ2v) is 8.04. The van der Waals surface area contributed by atoms with E-state index in [-0.39, 0.29) is 36.8 Å². The van der Waals surface area contributed by atoms with E-state index in [9.17, 15) is 19.4 Å². The quantitative estimate of drug-likeness (QED) is 0.498. The summed E-state index contributed by atoms with van der Waals surface area (Å²) in [5, 5.41) is 20.7. The summed E-state index contributed by atoms with van der Waals surface area (Å²) in [4.78, 5) is 11.1. The number of rotatable bonds is 8. The molecule has 0 aromatic heterocycles. The van der Waals surface area contributed by atoms with Crippen molar-refractivity contribution in [1.82, 2.24) is 0 Å². The van der Waals surface area contributed by atoms with Crippen molar-refractivity contribution in [3.63, 3.8) is 0 Å². The minimum atomic E-state index is -1.24. The molecule has 2 fully saturated rings. The molecule has 6 atom stereocenters. The number of esters is 1. The van der Waals surface area contributed by atoms with Crippen molar-refractivity contribution in [3.8, 4) is 0 Å². The molecule has 0 bridgehead atoms. The van der Waals surface area contributed by atoms with Crippen molar-refractivity contribution in [1.29, 1.82) is 0 Å². The fourth-order valence-electron chi connectivity index (χ4n) is 4.61. The van der Waals surface area contributed by atoms with E-state index in [2.05, 4.69) is 4.74 Å². The first-order chi connectivity index (χ1) is 13.0. The number of aliphatic hydroxyl groups is 2. The molecule has 0 aromatic rings. The predicted octanol–water partition coefficient (Wildman–Crippen LogP) is 3.05. The van der Waals surface area contributed by atoms with Crippen LogP contribution in [-0.4, -0.2) is 47.8 Å². The smallest absolute Gasteiger partial charge is 0.305 e. The summed E-state index contributed by atoms with van der Waals surface area (Å²) < 4.78 is 24.8. The summed E-state index contributed by atoms with van der Waals surface area (Å²) >= 11 is 0. The minimum absolute atomic E-state index is 0.0686. The molecule has 1 unspecified atom stereocenters. The molecule has 2 aliphatic carbocycles. The Morgan fingerprint density at radius 1 is 1.44 bits per heavy atom. The summed E-state index contributed by atoms with van der Waals surface area (Å²) in [5.41, 5.74) is 0. The molecule has 0 radical (unpaired) electrons. The van der Waals surface area contributed by atoms with Gasteiger partial charge in [-0.05, 0) is 37.7 Å². The summed E-state index contributed by atoms with van der Waals surface area (Å²) in [5.74, 6) is 0.0595. The van der Waals surface area contributed by atoms with Crippen molar-refractivity contribution >= 4 is 5.97 Å². The molecule has 1 aliphatic heterocycles. The Morgan fingerprint density at radius 2 is 2.19 bits per heavy atom. The van der Waals surface area contributed by atoms with Crippen molar-refractivity contribution in [3.05, 3.63) is 24.0 Å². The van der Waals surface area contributed by atoms with Crippen LogP contribution in [0.25, 0.3) is 0 Å². The highest BCUT2D eigenvalue weighted by atomic mass is 19.1. The highest BCUT2D eigenvalue weighted by Gasteiger charge is 2.46. The van der Waals surface area contributed by atoms with Crippen LogP contribution in [-0.2, 0) is 14.3 Å². The lowest BCUT2D eigenvalue weighted by molar-refractivity contribution is -0.140. The topological polar surface area (TPSA) is 76.0 Å². The molecule has 3 rings (SSSR count). The van der Waals surface area contributed by atoms with E-state index in [0.717, 1.165) is 12.8 Å². The van der Waals surface area contributed by atoms with Gasteiger partial charge in [-0.2, -0.15) is 0 Å². The molecule has 5 nitrogen and oxygen atoms in total. The van der Waals surface area contributed by atoms with Crippen LogP contribution in [0.4, 0.5) is 4.39 Å². The number of methoxy groups -OCH3 is 1. The van der Waals surface area contributed by atoms with Gasteiger partial charge < -0.3 is 19.7 Å². The van der Waals surface area contributed by atoms with Gasteiger partial charge in [0.2, 0.25) is 0 Å². The molecule has 2 saturated carbocycles. The van der Waals surface area contributed by atoms with E-state index in [0.29, 0.717) is 24.5 Å². The van der Waals surface area contributed by atoms with Gasteiger partial charge in [0, 0.05) is 24.7 Å². The Balaban J connectivity index is 1.55. The van der Waals surface area contributed by atoms with Crippen LogP contribution in [0.1, 0.15) is 51.4 Å². The number of carbonyl (C=O) groups is 1. The van der Waals surface area contributed by atoms with Crippen LogP contribution in [0.3, 0.4) is 0 Å². The van der Waals surface area contributed by atoms with Gasteiger partial charge in [0.05, 0.1) is 19.3 Å². The molecule has 0 saturated heterocycles. The van der Waals surface area contributed by atoms with Crippen LogP contribution in [0, 0.1) is 17.8 Å². The number of halogens is 1. The molecule has 0 aromatic carbocycles. The number of hydrogen-bond donors (Lipinski definition) is 2. The first-order valence-corrected chi connectivity index (χ1v) is 10.1. The SMILES string of the molecule is COC(=O)CCCC(F)C1=C[C@@H]2[C@@H](/C=C/[C@H](O)C3CCCC3)[C@H](O)C[C@@H]2O1. The van der Waals surface area contributed by atoms with E-state index in [1.54, 1.807) is 12.2 Å². The van der Waals surface area contributed by atoms with Crippen molar-refractivity contribution in [2.75, 3.05) is 7.11 Å². The molecule has 3 aliphatic rings. The van der Waals surface area contributed by atoms with Gasteiger partial charge in [0.25, 0.3) is 0 Å². The minimum Gasteiger partial charge on any atom is -0.491 e. The van der Waals surface area contributed by atoms with Crippen LogP contribution in [0.2, 0.25) is 0 Å². The third-order valence-electron chi connectivity index (χ3n) is 6.22. The molecule has 152 valence electrons. The Morgan fingerprint density at radius 3 is 2.89 bits per heavy atom. The average molecular weight is 382 g/mol. The van der Waals surface area contributed by atoms with E-state index in [1.807, 2.05) is 6.08 Å². The van der Waals surface area contributed by atoms with Gasteiger partial charge in [-0.25, -0.2) is 4.39 Å². The Labute approximate surface area is 160 Å². The zero-order chi connectivity index (χ0) is 19.4. The maximum atomic E-state index is 14.4. The Hall–Kier alpha value is -1.40. The lowest BCUT2D eigenvalue weighted by Crippen LogP contribution is -2.19. The van der Waals surface area contributed by atoms with Gasteiger partial charge in [-0.3, -0.25) is 4.79 Å². The van der Waals surface area contributed by atoms with Gasteiger partial charge in [0.15, 0.2) is 6.17 Å². The number of ether oxygens (including phenoxy) is 2. The third-order valence-corrected chi connectivity index (χ3v) is 6.22. The molecule has 1 heterocycles. The highest BCUT2D eigenvalue weighted by molar-refractivity contribution is 5.69. The van der Waals surface area contributed by atoms with Crippen molar-refractivity contribution in [2.24, 2.45) is 17.8 Å². The number of fused-ring (bicyclic) bond motifs is 1. The Kier molecular flexibility index (Phi) is 6.93. The maximum absolute atomic E-state index is 14.4. The Bertz CT molecular complexity index is 569. The van der Waals surface area contributed by atoms with E-state index in [1.165, 1.54) is 20.0 Å². The lowest BCUT2D eigenvalue weighted by Gasteiger charge is -2.17. The predicted molar refractivity (Wildman–Crippen MR) is 98.4 cm³/mol. The fourth-order valence-corrected chi connectivity index (χ4v) is 4.61. The monoisotopic (exact) mass is 382 g/mol. The normalized spacial score (nSPS) is 33.0. The zero-order valence-electron chi connectivity index (χ0n) is 15.9. The molecule has 6 heteroatoms. The maximum Gasteiger partial charge on any atom is 0.305 e. The van der Waals surface area contributed by atoms with Crippen LogP contribution >= 0.6 is 0 Å². The highest BCUT2D eigenvalue weighted by Crippen LogP contribution is 2.43. The number of allylic oxidation sites excluding steroid dienone is 1. The second kappa shape index (κ2) is 9.20. The van der Waals surface area contributed by atoms with E-state index >= 15 is 0 Å². The van der Waals surface area contributed by atoms with Crippen LogP contribution < -0.4 is 0 Å². The summed E-state index contributed by atoms with van der Waals surface area (Å²) in [6.45, 7) is 0. The third kappa shape index (κ3) is 4.91.